The largest absolute Gasteiger partial charge is 0.457 e. The van der Waals surface area contributed by atoms with Crippen LogP contribution in [0.4, 0.5) is 5.82 Å². The first-order chi connectivity index (χ1) is 7.79. The number of rotatable bonds is 3. The zero-order valence-corrected chi connectivity index (χ0v) is 8.63. The topological polar surface area (TPSA) is 68.4 Å². The third kappa shape index (κ3) is 2.29. The van der Waals surface area contributed by atoms with Crippen LogP contribution in [0.2, 0.25) is 0 Å². The van der Waals surface area contributed by atoms with Crippen molar-refractivity contribution in [1.29, 1.82) is 0 Å². The lowest BCUT2D eigenvalue weighted by Crippen LogP contribution is -1.93. The summed E-state index contributed by atoms with van der Waals surface area (Å²) in [6.07, 6.45) is 1.58. The van der Waals surface area contributed by atoms with Crippen LogP contribution in [0.25, 0.3) is 0 Å². The Labute approximate surface area is 93.3 Å². The lowest BCUT2D eigenvalue weighted by atomic mass is 10.2. The second-order valence-electron chi connectivity index (χ2n) is 3.28. The fourth-order valence-electron chi connectivity index (χ4n) is 1.35. The summed E-state index contributed by atoms with van der Waals surface area (Å²) in [6.45, 7) is -0.0588. The number of pyridine rings is 1. The minimum absolute atomic E-state index is 0.0588. The van der Waals surface area contributed by atoms with Gasteiger partial charge >= 0.3 is 0 Å². The number of aromatic nitrogens is 1. The van der Waals surface area contributed by atoms with Crippen LogP contribution in [0, 0.1) is 0 Å². The fourth-order valence-corrected chi connectivity index (χ4v) is 1.35. The van der Waals surface area contributed by atoms with Gasteiger partial charge in [0.1, 0.15) is 17.3 Å². The minimum atomic E-state index is -0.0588. The molecule has 0 atom stereocenters. The van der Waals surface area contributed by atoms with Crippen molar-refractivity contribution in [2.24, 2.45) is 0 Å². The van der Waals surface area contributed by atoms with Crippen molar-refractivity contribution in [1.82, 2.24) is 4.98 Å². The number of hydrogen-bond acceptors (Lipinski definition) is 4. The molecule has 0 saturated heterocycles. The van der Waals surface area contributed by atoms with Crippen molar-refractivity contribution in [3.05, 3.63) is 48.2 Å². The maximum Gasteiger partial charge on any atom is 0.132 e. The van der Waals surface area contributed by atoms with Gasteiger partial charge in [-0.2, -0.15) is 0 Å². The molecule has 0 fully saturated rings. The van der Waals surface area contributed by atoms with Gasteiger partial charge < -0.3 is 15.6 Å². The molecular weight excluding hydrogens is 204 g/mol. The maximum atomic E-state index is 9.13. The maximum absolute atomic E-state index is 9.13. The first-order valence-electron chi connectivity index (χ1n) is 4.88. The Morgan fingerprint density at radius 3 is 2.81 bits per heavy atom. The van der Waals surface area contributed by atoms with E-state index >= 15 is 0 Å². The zero-order chi connectivity index (χ0) is 11.4. The number of aliphatic hydroxyl groups is 1. The summed E-state index contributed by atoms with van der Waals surface area (Å²) in [4.78, 5) is 3.87. The van der Waals surface area contributed by atoms with Crippen LogP contribution in [-0.4, -0.2) is 10.1 Å². The van der Waals surface area contributed by atoms with Crippen LogP contribution >= 0.6 is 0 Å². The Kier molecular flexibility index (Phi) is 3.03. The smallest absolute Gasteiger partial charge is 0.132 e. The summed E-state index contributed by atoms with van der Waals surface area (Å²) in [5.74, 6) is 1.63. The van der Waals surface area contributed by atoms with Gasteiger partial charge in [-0.05, 0) is 12.1 Å². The van der Waals surface area contributed by atoms with E-state index < -0.39 is 0 Å². The highest BCUT2D eigenvalue weighted by Gasteiger charge is 2.03. The highest BCUT2D eigenvalue weighted by molar-refractivity contribution is 5.41. The molecular formula is C12H12N2O2. The Morgan fingerprint density at radius 2 is 2.06 bits per heavy atom. The summed E-state index contributed by atoms with van der Waals surface area (Å²) < 4.78 is 5.60. The predicted molar refractivity (Wildman–Crippen MR) is 61.1 cm³/mol. The molecule has 4 heteroatoms. The van der Waals surface area contributed by atoms with E-state index in [0.29, 0.717) is 17.3 Å². The molecule has 0 saturated carbocycles. The molecule has 1 aromatic heterocycles. The molecule has 0 spiro atoms. The molecule has 3 N–H and O–H groups in total. The van der Waals surface area contributed by atoms with Gasteiger partial charge in [0.25, 0.3) is 0 Å². The third-order valence-corrected chi connectivity index (χ3v) is 2.12. The predicted octanol–water partition coefficient (Wildman–Crippen LogP) is 1.95. The van der Waals surface area contributed by atoms with Crippen LogP contribution in [0.3, 0.4) is 0 Å². The molecule has 82 valence electrons. The summed E-state index contributed by atoms with van der Waals surface area (Å²) in [6, 6.07) is 10.6. The summed E-state index contributed by atoms with van der Waals surface area (Å²) in [5, 5.41) is 9.13. The van der Waals surface area contributed by atoms with Crippen molar-refractivity contribution in [3.63, 3.8) is 0 Å². The van der Waals surface area contributed by atoms with E-state index in [-0.39, 0.29) is 6.61 Å². The van der Waals surface area contributed by atoms with E-state index in [1.807, 2.05) is 12.1 Å². The van der Waals surface area contributed by atoms with Crippen LogP contribution < -0.4 is 10.5 Å². The summed E-state index contributed by atoms with van der Waals surface area (Å²) in [5.41, 5.74) is 6.28. The van der Waals surface area contributed by atoms with E-state index in [0.717, 1.165) is 5.56 Å². The third-order valence-electron chi connectivity index (χ3n) is 2.12. The van der Waals surface area contributed by atoms with Crippen molar-refractivity contribution in [2.45, 2.75) is 6.61 Å². The van der Waals surface area contributed by atoms with Gasteiger partial charge in [-0.15, -0.1) is 0 Å². The number of aliphatic hydroxyl groups excluding tert-OH is 1. The number of nitrogen functional groups attached to an aromatic ring is 1. The second-order valence-corrected chi connectivity index (χ2v) is 3.28. The number of benzene rings is 1. The molecule has 0 aliphatic heterocycles. The molecule has 1 aromatic carbocycles. The lowest BCUT2D eigenvalue weighted by Gasteiger charge is -2.09. The van der Waals surface area contributed by atoms with Crippen molar-refractivity contribution in [2.75, 3.05) is 5.73 Å². The van der Waals surface area contributed by atoms with Gasteiger partial charge in [0, 0.05) is 17.8 Å². The average Bonchev–Trinajstić information content (AvgIpc) is 2.30. The van der Waals surface area contributed by atoms with Gasteiger partial charge in [-0.3, -0.25) is 0 Å². The number of anilines is 1. The number of hydrogen-bond donors (Lipinski definition) is 2. The monoisotopic (exact) mass is 216 g/mol. The van der Waals surface area contributed by atoms with Gasteiger partial charge in [0.15, 0.2) is 0 Å². The van der Waals surface area contributed by atoms with Gasteiger partial charge in [-0.1, -0.05) is 18.2 Å². The van der Waals surface area contributed by atoms with Crippen molar-refractivity contribution < 1.29 is 9.84 Å². The van der Waals surface area contributed by atoms with Gasteiger partial charge in [-0.25, -0.2) is 4.98 Å². The molecule has 0 bridgehead atoms. The molecule has 0 amide bonds. The molecule has 16 heavy (non-hydrogen) atoms. The van der Waals surface area contributed by atoms with E-state index in [1.54, 1.807) is 30.5 Å². The first kappa shape index (κ1) is 10.4. The van der Waals surface area contributed by atoms with Crippen LogP contribution in [0.1, 0.15) is 5.56 Å². The Hall–Kier alpha value is -2.07. The Bertz CT molecular complexity index is 486. The van der Waals surface area contributed by atoms with Crippen molar-refractivity contribution in [3.8, 4) is 11.5 Å². The summed E-state index contributed by atoms with van der Waals surface area (Å²) in [7, 11) is 0. The molecule has 1 heterocycles. The standard InChI is InChI=1S/C12H12N2O2/c13-12-7-10(5-6-14-12)16-11-4-2-1-3-9(11)8-15/h1-7,15H,8H2,(H2,13,14). The molecule has 0 aliphatic carbocycles. The van der Waals surface area contributed by atoms with E-state index in [2.05, 4.69) is 4.98 Å². The minimum Gasteiger partial charge on any atom is -0.457 e. The average molecular weight is 216 g/mol. The first-order valence-corrected chi connectivity index (χ1v) is 4.88. The SMILES string of the molecule is Nc1cc(Oc2ccccc2CO)ccn1. The van der Waals surface area contributed by atoms with E-state index in [9.17, 15) is 0 Å². The second kappa shape index (κ2) is 4.63. The highest BCUT2D eigenvalue weighted by Crippen LogP contribution is 2.25. The fraction of sp³-hybridized carbons (Fsp3) is 0.0833. The number of nitrogens with zero attached hydrogens (tertiary/aromatic N) is 1. The number of para-hydroxylation sites is 1. The van der Waals surface area contributed by atoms with Crippen LogP contribution in [0.15, 0.2) is 42.6 Å². The molecule has 0 radical (unpaired) electrons. The van der Waals surface area contributed by atoms with Crippen LogP contribution in [-0.2, 0) is 6.61 Å². The van der Waals surface area contributed by atoms with Crippen molar-refractivity contribution >= 4 is 5.82 Å². The zero-order valence-electron chi connectivity index (χ0n) is 8.63. The molecule has 2 rings (SSSR count). The molecule has 0 unspecified atom stereocenters. The number of nitrogens with two attached hydrogens (primary N) is 1. The Balaban J connectivity index is 2.26. The van der Waals surface area contributed by atoms with Gasteiger partial charge in [0.05, 0.1) is 6.61 Å². The quantitative estimate of drug-likeness (QED) is 0.822. The number of ether oxygens (including phenoxy) is 1. The normalized spacial score (nSPS) is 10.1. The molecule has 4 nitrogen and oxygen atoms in total. The molecule has 2 aromatic rings. The lowest BCUT2D eigenvalue weighted by molar-refractivity contribution is 0.276. The highest BCUT2D eigenvalue weighted by atomic mass is 16.5. The molecule has 0 aliphatic rings. The van der Waals surface area contributed by atoms with E-state index in [1.165, 1.54) is 0 Å². The van der Waals surface area contributed by atoms with Crippen LogP contribution in [0.5, 0.6) is 11.5 Å². The Morgan fingerprint density at radius 1 is 1.25 bits per heavy atom. The van der Waals surface area contributed by atoms with E-state index in [4.69, 9.17) is 15.6 Å². The van der Waals surface area contributed by atoms with Gasteiger partial charge in [0.2, 0.25) is 0 Å². The summed E-state index contributed by atoms with van der Waals surface area (Å²) >= 11 is 0.